The van der Waals surface area contributed by atoms with Gasteiger partial charge in [-0.2, -0.15) is 4.98 Å². The maximum atomic E-state index is 13.3. The summed E-state index contributed by atoms with van der Waals surface area (Å²) in [6.45, 7) is 7.60. The van der Waals surface area contributed by atoms with Gasteiger partial charge in [0.25, 0.3) is 0 Å². The van der Waals surface area contributed by atoms with Crippen LogP contribution in [-0.4, -0.2) is 94.6 Å². The molecule has 0 radical (unpaired) electrons. The summed E-state index contributed by atoms with van der Waals surface area (Å²) in [4.78, 5) is 51.6. The second kappa shape index (κ2) is 24.4. The molecule has 0 bridgehead atoms. The number of hydrogen-bond acceptors (Lipinski definition) is 14. The molecular formula is C56H55N11O7S3. The molecule has 0 aliphatic heterocycles. The maximum absolute atomic E-state index is 13.3. The second-order valence-corrected chi connectivity index (χ2v) is 21.1. The lowest BCUT2D eigenvalue weighted by molar-refractivity contribution is 0.112. The topological polar surface area (TPSA) is 238 Å². The molecule has 0 amide bonds. The fourth-order valence-corrected chi connectivity index (χ4v) is 11.7. The fourth-order valence-electron chi connectivity index (χ4n) is 8.19. The van der Waals surface area contributed by atoms with Crippen molar-refractivity contribution in [3.63, 3.8) is 0 Å². The predicted octanol–water partition coefficient (Wildman–Crippen LogP) is 10.2. The van der Waals surface area contributed by atoms with Crippen molar-refractivity contribution in [2.75, 3.05) is 21.3 Å². The van der Waals surface area contributed by atoms with E-state index in [0.717, 1.165) is 73.3 Å². The van der Waals surface area contributed by atoms with Crippen LogP contribution in [0.1, 0.15) is 51.4 Å². The van der Waals surface area contributed by atoms with Gasteiger partial charge in [0.05, 0.1) is 104 Å². The van der Waals surface area contributed by atoms with Gasteiger partial charge in [-0.05, 0) is 99.5 Å². The molecule has 11 aromatic rings. The molecule has 3 atom stereocenters. The number of nitrogens with one attached hydrogen (secondary N) is 3. The fraction of sp³-hybridized carbons (Fsp3) is 0.179. The minimum Gasteiger partial charge on any atom is -0.497 e. The monoisotopic (exact) mass is 1090 g/mol. The Morgan fingerprint density at radius 3 is 2.01 bits per heavy atom. The number of methoxy groups -OCH3 is 3. The van der Waals surface area contributed by atoms with Crippen LogP contribution in [0.3, 0.4) is 0 Å². The van der Waals surface area contributed by atoms with Gasteiger partial charge in [0.2, 0.25) is 11.0 Å². The van der Waals surface area contributed by atoms with Gasteiger partial charge in [0.15, 0.2) is 16.0 Å². The van der Waals surface area contributed by atoms with Crippen LogP contribution in [0.25, 0.3) is 50.2 Å². The first kappa shape index (κ1) is 54.7. The number of carbonyl (C=O) groups is 1. The van der Waals surface area contributed by atoms with Crippen LogP contribution in [0.15, 0.2) is 154 Å². The molecule has 0 aliphatic carbocycles. The van der Waals surface area contributed by atoms with Crippen LogP contribution in [0.5, 0.6) is 17.4 Å². The average molecular weight is 1090 g/mol. The summed E-state index contributed by atoms with van der Waals surface area (Å²) in [7, 11) is 0.564. The van der Waals surface area contributed by atoms with Crippen molar-refractivity contribution in [3.8, 4) is 34.3 Å². The van der Waals surface area contributed by atoms with E-state index in [1.165, 1.54) is 0 Å². The van der Waals surface area contributed by atoms with Crippen molar-refractivity contribution in [2.45, 2.75) is 67.0 Å². The third-order valence-corrected chi connectivity index (χ3v) is 16.0. The first-order chi connectivity index (χ1) is 36.8. The third-order valence-electron chi connectivity index (χ3n) is 12.2. The van der Waals surface area contributed by atoms with E-state index in [0.29, 0.717) is 60.1 Å². The van der Waals surface area contributed by atoms with E-state index in [2.05, 4.69) is 49.8 Å². The highest BCUT2D eigenvalue weighted by atomic mass is 32.2. The van der Waals surface area contributed by atoms with Gasteiger partial charge in [-0.15, -0.1) is 0 Å². The van der Waals surface area contributed by atoms with E-state index < -0.39 is 32.4 Å². The normalized spacial score (nSPS) is 12.1. The van der Waals surface area contributed by atoms with Crippen molar-refractivity contribution in [2.24, 2.45) is 0 Å². The number of para-hydroxylation sites is 2. The average Bonchev–Trinajstić information content (AvgIpc) is 4.31. The van der Waals surface area contributed by atoms with Gasteiger partial charge in [-0.1, -0.05) is 37.8 Å². The van der Waals surface area contributed by atoms with Crippen molar-refractivity contribution < 1.29 is 31.6 Å². The second-order valence-electron chi connectivity index (χ2n) is 17.1. The lowest BCUT2D eigenvalue weighted by atomic mass is 10.1. The highest BCUT2D eigenvalue weighted by Crippen LogP contribution is 2.32. The van der Waals surface area contributed by atoms with Crippen LogP contribution in [-0.2, 0) is 43.9 Å². The molecule has 0 aliphatic rings. The number of aryl methyl sites for hydroxylation is 2. The number of imidazole rings is 3. The molecule has 0 spiro atoms. The number of ether oxygens (including phenoxy) is 3. The molecule has 3 N–H and O–H groups in total. The van der Waals surface area contributed by atoms with Gasteiger partial charge in [0.1, 0.15) is 28.6 Å². The molecule has 0 fully saturated rings. The summed E-state index contributed by atoms with van der Waals surface area (Å²) in [6.07, 6.45) is 9.68. The Hall–Kier alpha value is -8.53. The Bertz CT molecular complexity index is 3930. The quantitative estimate of drug-likeness (QED) is 0.0859. The lowest BCUT2D eigenvalue weighted by Gasteiger charge is -2.11. The van der Waals surface area contributed by atoms with Gasteiger partial charge < -0.3 is 33.7 Å². The number of pyridine rings is 4. The summed E-state index contributed by atoms with van der Waals surface area (Å²) in [6, 6.07) is 32.0. The molecule has 77 heavy (non-hydrogen) atoms. The Morgan fingerprint density at radius 1 is 0.597 bits per heavy atom. The van der Waals surface area contributed by atoms with Crippen molar-refractivity contribution in [1.82, 2.24) is 54.4 Å². The number of benzene rings is 3. The van der Waals surface area contributed by atoms with E-state index >= 15 is 0 Å². The smallest absolute Gasteiger partial charge is 0.215 e. The summed E-state index contributed by atoms with van der Waals surface area (Å²) in [5.41, 5.74) is 12.4. The summed E-state index contributed by atoms with van der Waals surface area (Å²) in [5, 5.41) is 1.21. The number of fused-ring (bicyclic) bond motifs is 3. The number of nitrogens with zero attached hydrogens (tertiary/aromatic N) is 8. The van der Waals surface area contributed by atoms with Gasteiger partial charge >= 0.3 is 0 Å². The first-order valence-corrected chi connectivity index (χ1v) is 27.3. The van der Waals surface area contributed by atoms with Crippen molar-refractivity contribution in [1.29, 1.82) is 0 Å². The van der Waals surface area contributed by atoms with Crippen LogP contribution >= 0.6 is 0 Å². The number of rotatable bonds is 14. The Kier molecular flexibility index (Phi) is 17.4. The highest BCUT2D eigenvalue weighted by Gasteiger charge is 2.21. The Morgan fingerprint density at radius 2 is 1.29 bits per heavy atom. The maximum Gasteiger partial charge on any atom is 0.215 e. The molecular weight excluding hydrogens is 1030 g/mol. The lowest BCUT2D eigenvalue weighted by Crippen LogP contribution is -2.05. The zero-order valence-electron chi connectivity index (χ0n) is 42.4. The summed E-state index contributed by atoms with van der Waals surface area (Å²) in [5.74, 6) is 2.40. The van der Waals surface area contributed by atoms with Crippen LogP contribution in [0.2, 0.25) is 0 Å². The molecule has 3 unspecified atom stereocenters. The SMILES string of the molecule is C.COc1ccc2[nH]c(S(=O)Cc3ncc(C)c(OC)c3C)nc2n1.COc1ccnc(-c2cccc(C)c2S(=O)c2nc3ccccc3[nH]2)c1.Cc1c(C=O)ccnc1CS(=O)c1nc2ccc(-n3cccc3)cc2[nH]1. The van der Waals surface area contributed by atoms with Gasteiger partial charge in [-0.25, -0.2) is 19.2 Å². The number of aldehydes is 1. The van der Waals surface area contributed by atoms with E-state index in [4.69, 9.17) is 14.2 Å². The zero-order valence-corrected chi connectivity index (χ0v) is 44.8. The molecule has 0 saturated carbocycles. The van der Waals surface area contributed by atoms with E-state index in [1.54, 1.807) is 64.2 Å². The molecule has 21 heteroatoms. The molecule has 11 rings (SSSR count). The molecule has 18 nitrogen and oxygen atoms in total. The molecule has 8 heterocycles. The van der Waals surface area contributed by atoms with Crippen LogP contribution in [0.4, 0.5) is 0 Å². The molecule has 394 valence electrons. The number of hydrogen-bond donors (Lipinski definition) is 3. The van der Waals surface area contributed by atoms with Gasteiger partial charge in [0, 0.05) is 71.1 Å². The predicted molar refractivity (Wildman–Crippen MR) is 299 cm³/mol. The minimum atomic E-state index is -1.46. The number of aromatic nitrogens is 11. The largest absolute Gasteiger partial charge is 0.497 e. The van der Waals surface area contributed by atoms with E-state index in [-0.39, 0.29) is 18.9 Å². The summed E-state index contributed by atoms with van der Waals surface area (Å²) < 4.78 is 56.5. The van der Waals surface area contributed by atoms with E-state index in [9.17, 15) is 17.4 Å². The standard InChI is InChI=1S/C20H17N3O2S.C19H16N4O2S.C16H18N4O3S.CH4/c1-13-6-5-7-15(18-12-14(25-2)10-11-21-18)19(13)26(24)20-22-16-8-3-4-9-17(16)23-20;1-13-14(11-24)6-7-20-18(13)12-26(25)19-21-16-5-4-15(10-17(16)22-19)23-8-2-3-9-23;1-9-7-17-12(10(2)14(9)23-4)8-24(21)16-18-11-5-6-13(22-3)19-15(11)20-16;/h3-12H,1-2H3,(H,22,23);2-11H,12H2,1H3,(H,21,22);5-7H,8H2,1-4H3,(H,18,19,20);1H4. The Labute approximate surface area is 451 Å². The minimum absolute atomic E-state index is 0. The number of H-pyrrole nitrogens is 3. The van der Waals surface area contributed by atoms with Gasteiger partial charge in [-0.3, -0.25) is 28.2 Å². The zero-order chi connectivity index (χ0) is 53.5. The van der Waals surface area contributed by atoms with E-state index in [1.807, 2.05) is 124 Å². The first-order valence-electron chi connectivity index (χ1n) is 23.5. The molecule has 3 aromatic carbocycles. The summed E-state index contributed by atoms with van der Waals surface area (Å²) >= 11 is 0. The Balaban J connectivity index is 0.000000152. The third kappa shape index (κ3) is 12.1. The number of carbonyl (C=O) groups excluding carboxylic acids is 1. The van der Waals surface area contributed by atoms with Crippen LogP contribution < -0.4 is 14.2 Å². The highest BCUT2D eigenvalue weighted by molar-refractivity contribution is 7.85. The van der Waals surface area contributed by atoms with Crippen molar-refractivity contribution in [3.05, 3.63) is 173 Å². The van der Waals surface area contributed by atoms with Crippen molar-refractivity contribution >= 4 is 71.9 Å². The van der Waals surface area contributed by atoms with Crippen LogP contribution in [0, 0.1) is 27.7 Å². The number of aromatic amines is 3. The molecule has 0 saturated heterocycles. The molecule has 8 aromatic heterocycles.